The number of nitrogens with one attached hydrogen (secondary N) is 1. The van der Waals surface area contributed by atoms with Crippen LogP contribution in [0.1, 0.15) is 22.8 Å². The van der Waals surface area contributed by atoms with E-state index in [9.17, 15) is 4.79 Å². The molecule has 5 nitrogen and oxygen atoms in total. The van der Waals surface area contributed by atoms with Gasteiger partial charge in [0.25, 0.3) is 5.91 Å². The summed E-state index contributed by atoms with van der Waals surface area (Å²) in [5, 5.41) is 3.07. The maximum atomic E-state index is 12.6. The molecule has 1 atom stereocenters. The fourth-order valence-electron chi connectivity index (χ4n) is 3.23. The molecule has 1 N–H and O–H groups in total. The van der Waals surface area contributed by atoms with E-state index in [1.165, 1.54) is 5.56 Å². The van der Waals surface area contributed by atoms with Crippen molar-refractivity contribution in [2.45, 2.75) is 19.5 Å². The number of nitrogens with zero attached hydrogens (tertiary/aromatic N) is 2. The molecule has 5 heteroatoms. The molecule has 0 radical (unpaired) electrons. The van der Waals surface area contributed by atoms with Crippen LogP contribution in [0.25, 0.3) is 0 Å². The van der Waals surface area contributed by atoms with Gasteiger partial charge in [0.05, 0.1) is 13.2 Å². The van der Waals surface area contributed by atoms with Crippen molar-refractivity contribution in [3.63, 3.8) is 0 Å². The van der Waals surface area contributed by atoms with Crippen molar-refractivity contribution in [3.8, 4) is 0 Å². The number of likely N-dealkylation sites (N-methyl/N-ethyl adjacent to an activating group) is 1. The molecule has 0 spiro atoms. The number of para-hydroxylation sites is 1. The average molecular weight is 367 g/mol. The van der Waals surface area contributed by atoms with Crippen LogP contribution >= 0.6 is 0 Å². The van der Waals surface area contributed by atoms with Crippen molar-refractivity contribution in [2.75, 3.05) is 44.8 Å². The lowest BCUT2D eigenvalue weighted by Gasteiger charge is -2.27. The Morgan fingerprint density at radius 1 is 1.15 bits per heavy atom. The first-order valence-corrected chi connectivity index (χ1v) is 9.58. The van der Waals surface area contributed by atoms with E-state index in [0.29, 0.717) is 6.54 Å². The van der Waals surface area contributed by atoms with Crippen molar-refractivity contribution in [2.24, 2.45) is 0 Å². The monoisotopic (exact) mass is 367 g/mol. The molecule has 1 amide bonds. The second-order valence-corrected chi connectivity index (χ2v) is 7.09. The molecular formula is C22H29N3O2. The predicted molar refractivity (Wildman–Crippen MR) is 109 cm³/mol. The highest BCUT2D eigenvalue weighted by Gasteiger charge is 2.14. The Balaban J connectivity index is 1.53. The lowest BCUT2D eigenvalue weighted by Crippen LogP contribution is -2.40. The molecule has 1 saturated heterocycles. The fraction of sp³-hybridized carbons (Fsp3) is 0.409. The Morgan fingerprint density at radius 3 is 2.63 bits per heavy atom. The standard InChI is InChI=1S/C22H29N3O2/c1-18(24(2)21-9-4-3-5-10-21)16-23-22(26)20-8-6-7-19(15-20)17-25-11-13-27-14-12-25/h3-10,15,18H,11-14,16-17H2,1-2H3,(H,23,26)/t18-/m1/s1. The van der Waals surface area contributed by atoms with Crippen molar-refractivity contribution in [1.29, 1.82) is 0 Å². The van der Waals surface area contributed by atoms with Crippen LogP contribution in [0.2, 0.25) is 0 Å². The third-order valence-corrected chi connectivity index (χ3v) is 5.08. The summed E-state index contributed by atoms with van der Waals surface area (Å²) in [5.41, 5.74) is 3.03. The SMILES string of the molecule is C[C@H](CNC(=O)c1cccc(CN2CCOCC2)c1)N(C)c1ccccc1. The zero-order valence-corrected chi connectivity index (χ0v) is 16.2. The maximum Gasteiger partial charge on any atom is 0.251 e. The van der Waals surface area contributed by atoms with Gasteiger partial charge < -0.3 is 15.0 Å². The second-order valence-electron chi connectivity index (χ2n) is 7.09. The molecule has 1 heterocycles. The molecular weight excluding hydrogens is 338 g/mol. The largest absolute Gasteiger partial charge is 0.379 e. The third kappa shape index (κ3) is 5.55. The van der Waals surface area contributed by atoms with Crippen LogP contribution in [-0.4, -0.2) is 56.7 Å². The number of morpholine rings is 1. The topological polar surface area (TPSA) is 44.8 Å². The summed E-state index contributed by atoms with van der Waals surface area (Å²) in [6, 6.07) is 18.3. The van der Waals surface area contributed by atoms with Gasteiger partial charge in [0.2, 0.25) is 0 Å². The van der Waals surface area contributed by atoms with Crippen LogP contribution in [0.5, 0.6) is 0 Å². The zero-order valence-electron chi connectivity index (χ0n) is 16.2. The quantitative estimate of drug-likeness (QED) is 0.817. The van der Waals surface area contributed by atoms with Crippen molar-refractivity contribution in [1.82, 2.24) is 10.2 Å². The Labute approximate surface area is 161 Å². The maximum absolute atomic E-state index is 12.6. The molecule has 0 aromatic heterocycles. The van der Waals surface area contributed by atoms with Crippen LogP contribution in [0.15, 0.2) is 54.6 Å². The van der Waals surface area contributed by atoms with Gasteiger partial charge in [-0.05, 0) is 36.8 Å². The van der Waals surface area contributed by atoms with Gasteiger partial charge in [0, 0.05) is 50.5 Å². The zero-order chi connectivity index (χ0) is 19.1. The van der Waals surface area contributed by atoms with Crippen molar-refractivity contribution >= 4 is 11.6 Å². The highest BCUT2D eigenvalue weighted by Crippen LogP contribution is 2.14. The summed E-state index contributed by atoms with van der Waals surface area (Å²) >= 11 is 0. The average Bonchev–Trinajstić information content (AvgIpc) is 2.72. The first-order valence-electron chi connectivity index (χ1n) is 9.58. The molecule has 3 rings (SSSR count). The van der Waals surface area contributed by atoms with Gasteiger partial charge in [0.15, 0.2) is 0 Å². The summed E-state index contributed by atoms with van der Waals surface area (Å²) in [7, 11) is 2.05. The summed E-state index contributed by atoms with van der Waals surface area (Å²) < 4.78 is 5.40. The van der Waals surface area contributed by atoms with E-state index in [1.807, 2.05) is 36.4 Å². The summed E-state index contributed by atoms with van der Waals surface area (Å²) in [5.74, 6) is -0.0212. The molecule has 1 aliphatic rings. The molecule has 1 fully saturated rings. The molecule has 144 valence electrons. The highest BCUT2D eigenvalue weighted by molar-refractivity contribution is 5.94. The molecule has 2 aromatic rings. The van der Waals surface area contributed by atoms with E-state index in [0.717, 1.165) is 44.1 Å². The Hall–Kier alpha value is -2.37. The van der Waals surface area contributed by atoms with Gasteiger partial charge in [-0.15, -0.1) is 0 Å². The normalized spacial score (nSPS) is 15.9. The fourth-order valence-corrected chi connectivity index (χ4v) is 3.23. The number of hydrogen-bond donors (Lipinski definition) is 1. The van der Waals surface area contributed by atoms with Gasteiger partial charge in [0.1, 0.15) is 0 Å². The minimum absolute atomic E-state index is 0.0212. The van der Waals surface area contributed by atoms with Crippen LogP contribution in [-0.2, 0) is 11.3 Å². The predicted octanol–water partition coefficient (Wildman–Crippen LogP) is 2.77. The number of anilines is 1. The number of hydrogen-bond acceptors (Lipinski definition) is 4. The number of amides is 1. The van der Waals surface area contributed by atoms with Crippen LogP contribution < -0.4 is 10.2 Å². The van der Waals surface area contributed by atoms with Crippen LogP contribution in [0.3, 0.4) is 0 Å². The minimum atomic E-state index is -0.0212. The van der Waals surface area contributed by atoms with Gasteiger partial charge >= 0.3 is 0 Å². The smallest absolute Gasteiger partial charge is 0.251 e. The van der Waals surface area contributed by atoms with E-state index in [4.69, 9.17) is 4.74 Å². The van der Waals surface area contributed by atoms with E-state index in [-0.39, 0.29) is 11.9 Å². The Bertz CT molecular complexity index is 729. The van der Waals surface area contributed by atoms with Crippen LogP contribution in [0.4, 0.5) is 5.69 Å². The van der Waals surface area contributed by atoms with E-state index >= 15 is 0 Å². The second kappa shape index (κ2) is 9.53. The van der Waals surface area contributed by atoms with E-state index in [1.54, 1.807) is 0 Å². The van der Waals surface area contributed by atoms with Crippen molar-refractivity contribution in [3.05, 3.63) is 65.7 Å². The number of carbonyl (C=O) groups excluding carboxylic acids is 1. The lowest BCUT2D eigenvalue weighted by molar-refractivity contribution is 0.0342. The number of benzene rings is 2. The molecule has 0 bridgehead atoms. The summed E-state index contributed by atoms with van der Waals surface area (Å²) in [6.07, 6.45) is 0. The number of rotatable bonds is 7. The molecule has 1 aliphatic heterocycles. The van der Waals surface area contributed by atoms with Gasteiger partial charge in [-0.1, -0.05) is 30.3 Å². The molecule has 27 heavy (non-hydrogen) atoms. The first-order chi connectivity index (χ1) is 13.1. The number of carbonyl (C=O) groups is 1. The van der Waals surface area contributed by atoms with Gasteiger partial charge in [-0.3, -0.25) is 9.69 Å². The van der Waals surface area contributed by atoms with Gasteiger partial charge in [-0.2, -0.15) is 0 Å². The molecule has 0 aliphatic carbocycles. The molecule has 0 saturated carbocycles. The van der Waals surface area contributed by atoms with Crippen LogP contribution in [0, 0.1) is 0 Å². The molecule has 2 aromatic carbocycles. The summed E-state index contributed by atoms with van der Waals surface area (Å²) in [4.78, 5) is 17.1. The Morgan fingerprint density at radius 2 is 1.89 bits per heavy atom. The third-order valence-electron chi connectivity index (χ3n) is 5.08. The highest BCUT2D eigenvalue weighted by atomic mass is 16.5. The number of ether oxygens (including phenoxy) is 1. The van der Waals surface area contributed by atoms with E-state index < -0.39 is 0 Å². The van der Waals surface area contributed by atoms with Crippen molar-refractivity contribution < 1.29 is 9.53 Å². The Kier molecular flexibility index (Phi) is 6.85. The molecule has 0 unspecified atom stereocenters. The first kappa shape index (κ1) is 19.4. The minimum Gasteiger partial charge on any atom is -0.379 e. The van der Waals surface area contributed by atoms with E-state index in [2.05, 4.69) is 47.3 Å². The lowest BCUT2D eigenvalue weighted by atomic mass is 10.1. The van der Waals surface area contributed by atoms with Gasteiger partial charge in [-0.25, -0.2) is 0 Å². The summed E-state index contributed by atoms with van der Waals surface area (Å²) in [6.45, 7) is 7.02.